The van der Waals surface area contributed by atoms with Gasteiger partial charge in [0.05, 0.1) is 23.7 Å². The number of anilines is 1. The summed E-state index contributed by atoms with van der Waals surface area (Å²) < 4.78 is 5.10. The second-order valence-electron chi connectivity index (χ2n) is 5.71. The number of aromatic nitrogens is 2. The molecule has 0 saturated carbocycles. The van der Waals surface area contributed by atoms with E-state index < -0.39 is 23.1 Å². The number of H-pyrrole nitrogens is 2. The van der Waals surface area contributed by atoms with Gasteiger partial charge in [0.15, 0.2) is 0 Å². The largest absolute Gasteiger partial charge is 0.463 e. The molecule has 0 amide bonds. The highest BCUT2D eigenvalue weighted by Crippen LogP contribution is 2.38. The van der Waals surface area contributed by atoms with Gasteiger partial charge in [-0.2, -0.15) is 0 Å². The second-order valence-corrected chi connectivity index (χ2v) is 5.71. The van der Waals surface area contributed by atoms with Crippen molar-refractivity contribution in [2.45, 2.75) is 19.8 Å². The first-order valence-corrected chi connectivity index (χ1v) is 7.79. The highest BCUT2D eigenvalue weighted by Gasteiger charge is 2.36. The van der Waals surface area contributed by atoms with Crippen LogP contribution in [0.3, 0.4) is 0 Å². The van der Waals surface area contributed by atoms with Crippen molar-refractivity contribution in [3.63, 3.8) is 0 Å². The molecule has 0 bridgehead atoms. The van der Waals surface area contributed by atoms with E-state index in [1.165, 1.54) is 0 Å². The van der Waals surface area contributed by atoms with Gasteiger partial charge in [-0.3, -0.25) is 14.8 Å². The molecule has 5 N–H and O–H groups in total. The van der Waals surface area contributed by atoms with E-state index in [4.69, 9.17) is 10.5 Å². The SMILES string of the molecule is CCOC(=O)C1=C(N)Nc2[nH]c(=O)[nH]c(=O)c2C1c1ccc(C)cc1. The normalized spacial score (nSPS) is 16.2. The van der Waals surface area contributed by atoms with Crippen molar-refractivity contribution >= 4 is 11.8 Å². The molecule has 8 heteroatoms. The standard InChI is InChI=1S/C17H18N4O4/c1-3-25-16(23)11-10(9-6-4-8(2)5-7-9)12-14(19-13(11)18)20-17(24)21-15(12)22/h4-7,10H,3,18H2,1-2H3,(H3,19,20,21,22,24). The van der Waals surface area contributed by atoms with Crippen LogP contribution in [0.25, 0.3) is 0 Å². The minimum Gasteiger partial charge on any atom is -0.463 e. The van der Waals surface area contributed by atoms with Crippen molar-refractivity contribution in [2.75, 3.05) is 11.9 Å². The Labute approximate surface area is 142 Å². The number of aromatic amines is 2. The molecule has 2 heterocycles. The van der Waals surface area contributed by atoms with E-state index in [-0.39, 0.29) is 29.4 Å². The lowest BCUT2D eigenvalue weighted by molar-refractivity contribution is -0.138. The number of esters is 1. The van der Waals surface area contributed by atoms with Crippen LogP contribution < -0.4 is 22.3 Å². The van der Waals surface area contributed by atoms with Crippen LogP contribution in [0.1, 0.15) is 29.5 Å². The summed E-state index contributed by atoms with van der Waals surface area (Å²) in [6.07, 6.45) is 0. The van der Waals surface area contributed by atoms with Gasteiger partial charge in [0, 0.05) is 0 Å². The van der Waals surface area contributed by atoms with Crippen LogP contribution in [0.5, 0.6) is 0 Å². The third kappa shape index (κ3) is 2.93. The minimum atomic E-state index is -0.753. The summed E-state index contributed by atoms with van der Waals surface area (Å²) in [6.45, 7) is 3.79. The molecule has 1 unspecified atom stereocenters. The van der Waals surface area contributed by atoms with Crippen LogP contribution in [0.4, 0.5) is 5.82 Å². The molecule has 1 aromatic heterocycles. The van der Waals surface area contributed by atoms with E-state index in [1.807, 2.05) is 31.2 Å². The summed E-state index contributed by atoms with van der Waals surface area (Å²) in [6, 6.07) is 7.37. The third-order valence-corrected chi connectivity index (χ3v) is 4.01. The fourth-order valence-corrected chi connectivity index (χ4v) is 2.90. The molecular weight excluding hydrogens is 324 g/mol. The number of nitrogens with one attached hydrogen (secondary N) is 3. The summed E-state index contributed by atoms with van der Waals surface area (Å²) in [7, 11) is 0. The molecule has 0 fully saturated rings. The Morgan fingerprint density at radius 3 is 2.52 bits per heavy atom. The Balaban J connectivity index is 2.27. The number of carbonyl (C=O) groups is 1. The van der Waals surface area contributed by atoms with Crippen molar-refractivity contribution in [1.29, 1.82) is 0 Å². The molecule has 0 aliphatic carbocycles. The van der Waals surface area contributed by atoms with Crippen molar-refractivity contribution in [2.24, 2.45) is 5.73 Å². The van der Waals surface area contributed by atoms with Crippen LogP contribution in [0, 0.1) is 6.92 Å². The summed E-state index contributed by atoms with van der Waals surface area (Å²) in [4.78, 5) is 41.2. The van der Waals surface area contributed by atoms with Crippen molar-refractivity contribution in [3.05, 3.63) is 73.2 Å². The number of hydrogen-bond donors (Lipinski definition) is 4. The Morgan fingerprint density at radius 1 is 1.20 bits per heavy atom. The van der Waals surface area contributed by atoms with E-state index in [2.05, 4.69) is 15.3 Å². The average Bonchev–Trinajstić information content (AvgIpc) is 2.54. The van der Waals surface area contributed by atoms with Crippen LogP contribution in [-0.2, 0) is 9.53 Å². The lowest BCUT2D eigenvalue weighted by Crippen LogP contribution is -2.37. The second kappa shape index (κ2) is 6.31. The summed E-state index contributed by atoms with van der Waals surface area (Å²) in [5.41, 5.74) is 6.83. The molecule has 25 heavy (non-hydrogen) atoms. The van der Waals surface area contributed by atoms with Crippen molar-refractivity contribution in [1.82, 2.24) is 9.97 Å². The molecule has 1 aliphatic rings. The third-order valence-electron chi connectivity index (χ3n) is 4.01. The van der Waals surface area contributed by atoms with Gasteiger partial charge in [0.25, 0.3) is 5.56 Å². The molecule has 0 spiro atoms. The quantitative estimate of drug-likeness (QED) is 0.606. The number of nitrogens with two attached hydrogens (primary N) is 1. The van der Waals surface area contributed by atoms with Gasteiger partial charge in [-0.25, -0.2) is 9.59 Å². The van der Waals surface area contributed by atoms with E-state index in [9.17, 15) is 14.4 Å². The molecule has 0 saturated heterocycles. The number of carbonyl (C=O) groups excluding carboxylic acids is 1. The maximum Gasteiger partial charge on any atom is 0.338 e. The molecule has 3 rings (SSSR count). The van der Waals surface area contributed by atoms with E-state index in [0.717, 1.165) is 5.56 Å². The van der Waals surface area contributed by atoms with Crippen LogP contribution in [0.15, 0.2) is 45.2 Å². The predicted molar refractivity (Wildman–Crippen MR) is 92.2 cm³/mol. The molecule has 2 aromatic rings. The zero-order chi connectivity index (χ0) is 18.1. The molecule has 0 radical (unpaired) electrons. The Hall–Kier alpha value is -3.29. The van der Waals surface area contributed by atoms with Gasteiger partial charge < -0.3 is 15.8 Å². The lowest BCUT2D eigenvalue weighted by Gasteiger charge is -2.28. The molecule has 8 nitrogen and oxygen atoms in total. The number of aryl methyl sites for hydroxylation is 1. The van der Waals surface area contributed by atoms with Gasteiger partial charge >= 0.3 is 11.7 Å². The summed E-state index contributed by atoms with van der Waals surface area (Å²) >= 11 is 0. The maximum absolute atomic E-state index is 12.5. The Morgan fingerprint density at radius 2 is 1.88 bits per heavy atom. The van der Waals surface area contributed by atoms with Crippen LogP contribution in [0.2, 0.25) is 0 Å². The first-order valence-electron chi connectivity index (χ1n) is 7.79. The van der Waals surface area contributed by atoms with Gasteiger partial charge in [-0.15, -0.1) is 0 Å². The molecule has 1 aromatic carbocycles. The average molecular weight is 342 g/mol. The number of rotatable bonds is 3. The first kappa shape index (κ1) is 16.6. The minimum absolute atomic E-state index is 0.0396. The zero-order valence-corrected chi connectivity index (χ0v) is 13.8. The Bertz CT molecular complexity index is 969. The van der Waals surface area contributed by atoms with Gasteiger partial charge in [-0.1, -0.05) is 29.8 Å². The maximum atomic E-state index is 12.5. The highest BCUT2D eigenvalue weighted by molar-refractivity contribution is 5.94. The Kier molecular flexibility index (Phi) is 4.18. The van der Waals surface area contributed by atoms with E-state index in [1.54, 1.807) is 6.92 Å². The first-order chi connectivity index (χ1) is 11.9. The summed E-state index contributed by atoms with van der Waals surface area (Å²) in [5.74, 6) is -1.16. The smallest absolute Gasteiger partial charge is 0.338 e. The highest BCUT2D eigenvalue weighted by atomic mass is 16.5. The van der Waals surface area contributed by atoms with Crippen molar-refractivity contribution < 1.29 is 9.53 Å². The molecule has 130 valence electrons. The zero-order valence-electron chi connectivity index (χ0n) is 13.8. The number of ether oxygens (including phenoxy) is 1. The summed E-state index contributed by atoms with van der Waals surface area (Å²) in [5, 5.41) is 2.72. The topological polar surface area (TPSA) is 130 Å². The van der Waals surface area contributed by atoms with Gasteiger partial charge in [-0.05, 0) is 19.4 Å². The van der Waals surface area contributed by atoms with Crippen LogP contribution in [-0.4, -0.2) is 22.5 Å². The van der Waals surface area contributed by atoms with E-state index >= 15 is 0 Å². The molecule has 1 atom stereocenters. The van der Waals surface area contributed by atoms with Crippen molar-refractivity contribution in [3.8, 4) is 0 Å². The molecule has 1 aliphatic heterocycles. The predicted octanol–water partition coefficient (Wildman–Crippen LogP) is 0.662. The monoisotopic (exact) mass is 342 g/mol. The van der Waals surface area contributed by atoms with E-state index in [0.29, 0.717) is 5.56 Å². The fourth-order valence-electron chi connectivity index (χ4n) is 2.90. The number of fused-ring (bicyclic) bond motifs is 1. The lowest BCUT2D eigenvalue weighted by atomic mass is 9.83. The molecular formula is C17H18N4O4. The van der Waals surface area contributed by atoms with Gasteiger partial charge in [0.1, 0.15) is 11.6 Å². The van der Waals surface area contributed by atoms with Crippen LogP contribution >= 0.6 is 0 Å². The van der Waals surface area contributed by atoms with Gasteiger partial charge in [0.2, 0.25) is 0 Å². The fraction of sp³-hybridized carbons (Fsp3) is 0.235. The number of benzene rings is 1. The number of hydrogen-bond acceptors (Lipinski definition) is 6.